The Hall–Kier alpha value is -2.34. The average molecular weight is 316 g/mol. The third-order valence-electron chi connectivity index (χ3n) is 3.82. The summed E-state index contributed by atoms with van der Waals surface area (Å²) in [7, 11) is 0. The van der Waals surface area contributed by atoms with E-state index in [-0.39, 0.29) is 18.1 Å². The minimum absolute atomic E-state index is 0.132. The van der Waals surface area contributed by atoms with Crippen molar-refractivity contribution in [2.75, 3.05) is 13.2 Å². The first-order valence-corrected chi connectivity index (χ1v) is 7.67. The Morgan fingerprint density at radius 2 is 2.26 bits per heavy atom. The molecule has 122 valence electrons. The number of hydrogen-bond acceptors (Lipinski definition) is 5. The smallest absolute Gasteiger partial charge is 0.255 e. The summed E-state index contributed by atoms with van der Waals surface area (Å²) in [6.45, 7) is 4.63. The van der Waals surface area contributed by atoms with Crippen LogP contribution in [0.15, 0.2) is 34.9 Å². The zero-order chi connectivity index (χ0) is 16.2. The second-order valence-electron chi connectivity index (χ2n) is 5.59. The van der Waals surface area contributed by atoms with Crippen LogP contribution >= 0.6 is 0 Å². The maximum Gasteiger partial charge on any atom is 0.255 e. The molecule has 0 aliphatic carbocycles. The lowest BCUT2D eigenvalue weighted by Crippen LogP contribution is -2.51. The highest BCUT2D eigenvalue weighted by Crippen LogP contribution is 2.18. The summed E-state index contributed by atoms with van der Waals surface area (Å²) in [5.41, 5.74) is 0.561. The summed E-state index contributed by atoms with van der Waals surface area (Å²) in [5.74, 6) is 1.72. The lowest BCUT2D eigenvalue weighted by atomic mass is 10.1. The number of amides is 1. The Labute approximate surface area is 134 Å². The highest BCUT2D eigenvalue weighted by Gasteiger charge is 2.30. The number of pyridine rings is 1. The predicted octanol–water partition coefficient (Wildman–Crippen LogP) is 2.26. The van der Waals surface area contributed by atoms with Crippen LogP contribution in [0.5, 0.6) is 5.88 Å². The van der Waals surface area contributed by atoms with E-state index in [4.69, 9.17) is 13.9 Å². The highest BCUT2D eigenvalue weighted by molar-refractivity contribution is 5.95. The van der Waals surface area contributed by atoms with E-state index in [1.165, 1.54) is 0 Å². The number of rotatable bonds is 4. The summed E-state index contributed by atoms with van der Waals surface area (Å²) in [4.78, 5) is 16.6. The van der Waals surface area contributed by atoms with Gasteiger partial charge in [0.25, 0.3) is 5.91 Å². The molecule has 1 saturated heterocycles. The van der Waals surface area contributed by atoms with Crippen LogP contribution in [0, 0.1) is 13.8 Å². The van der Waals surface area contributed by atoms with Crippen LogP contribution in [0.25, 0.3) is 0 Å². The van der Waals surface area contributed by atoms with E-state index in [1.54, 1.807) is 25.3 Å². The molecule has 2 aromatic rings. The first kappa shape index (κ1) is 15.6. The van der Waals surface area contributed by atoms with Gasteiger partial charge >= 0.3 is 0 Å². The summed E-state index contributed by atoms with van der Waals surface area (Å²) >= 11 is 0. The molecule has 6 nitrogen and oxygen atoms in total. The summed E-state index contributed by atoms with van der Waals surface area (Å²) in [5, 5.41) is 3.03. The van der Waals surface area contributed by atoms with Gasteiger partial charge in [-0.3, -0.25) is 4.79 Å². The number of ether oxygens (including phenoxy) is 2. The summed E-state index contributed by atoms with van der Waals surface area (Å²) < 4.78 is 16.8. The predicted molar refractivity (Wildman–Crippen MR) is 83.5 cm³/mol. The molecule has 0 unspecified atom stereocenters. The number of hydrogen-bond donors (Lipinski definition) is 1. The van der Waals surface area contributed by atoms with Gasteiger partial charge in [0, 0.05) is 18.9 Å². The summed E-state index contributed by atoms with van der Waals surface area (Å²) in [6.07, 6.45) is 2.10. The molecule has 6 heteroatoms. The number of nitrogens with one attached hydrogen (secondary N) is 1. The number of carbonyl (C=O) groups excluding carboxylic acids is 1. The number of aromatic nitrogens is 1. The normalized spacial score (nSPS) is 21.0. The van der Waals surface area contributed by atoms with Crippen LogP contribution in [-0.4, -0.2) is 36.3 Å². The van der Waals surface area contributed by atoms with Gasteiger partial charge in [0.2, 0.25) is 5.88 Å². The molecule has 2 atom stereocenters. The van der Waals surface area contributed by atoms with Gasteiger partial charge in [-0.15, -0.1) is 0 Å². The van der Waals surface area contributed by atoms with Gasteiger partial charge < -0.3 is 19.2 Å². The molecular weight excluding hydrogens is 296 g/mol. The second-order valence-corrected chi connectivity index (χ2v) is 5.59. The largest absolute Gasteiger partial charge is 0.470 e. The Kier molecular flexibility index (Phi) is 4.62. The molecule has 0 bridgehead atoms. The van der Waals surface area contributed by atoms with Crippen molar-refractivity contribution in [3.05, 3.63) is 47.5 Å². The quantitative estimate of drug-likeness (QED) is 0.936. The zero-order valence-corrected chi connectivity index (χ0v) is 13.2. The van der Waals surface area contributed by atoms with Crippen molar-refractivity contribution in [2.24, 2.45) is 0 Å². The van der Waals surface area contributed by atoms with E-state index in [1.807, 2.05) is 19.1 Å². The Bertz CT molecular complexity index is 668. The van der Waals surface area contributed by atoms with Crippen molar-refractivity contribution < 1.29 is 18.7 Å². The fourth-order valence-corrected chi connectivity index (χ4v) is 2.67. The maximum absolute atomic E-state index is 12.5. The van der Waals surface area contributed by atoms with Crippen molar-refractivity contribution in [3.63, 3.8) is 0 Å². The molecule has 3 rings (SSSR count). The number of aryl methyl sites for hydroxylation is 2. The molecule has 1 fully saturated rings. The average Bonchev–Trinajstić information content (AvgIpc) is 2.89. The Morgan fingerprint density at radius 3 is 2.96 bits per heavy atom. The van der Waals surface area contributed by atoms with E-state index >= 15 is 0 Å². The molecule has 0 saturated carbocycles. The molecule has 1 aliphatic heterocycles. The van der Waals surface area contributed by atoms with Gasteiger partial charge in [-0.25, -0.2) is 4.98 Å². The lowest BCUT2D eigenvalue weighted by molar-refractivity contribution is -0.0153. The van der Waals surface area contributed by atoms with Crippen LogP contribution in [0.2, 0.25) is 0 Å². The first-order valence-electron chi connectivity index (χ1n) is 7.67. The van der Waals surface area contributed by atoms with E-state index in [9.17, 15) is 4.79 Å². The fourth-order valence-electron chi connectivity index (χ4n) is 2.67. The standard InChI is InChI=1S/C17H20N2O4/c1-11-9-13(12(2)22-11)17(20)19-14-6-8-21-10-15(14)23-16-5-3-4-7-18-16/h3-5,7,9,14-15H,6,8,10H2,1-2H3,(H,19,20)/t14-,15-/m1/s1. The molecule has 0 radical (unpaired) electrons. The maximum atomic E-state index is 12.5. The van der Waals surface area contributed by atoms with Crippen LogP contribution in [0.4, 0.5) is 0 Å². The topological polar surface area (TPSA) is 73.6 Å². The minimum Gasteiger partial charge on any atom is -0.470 e. The van der Waals surface area contributed by atoms with Crippen LogP contribution < -0.4 is 10.1 Å². The van der Waals surface area contributed by atoms with Crippen molar-refractivity contribution in [3.8, 4) is 5.88 Å². The molecule has 23 heavy (non-hydrogen) atoms. The van der Waals surface area contributed by atoms with E-state index in [0.717, 1.165) is 5.76 Å². The SMILES string of the molecule is Cc1cc(C(=O)N[C@@H]2CCOC[C@H]2Oc2ccccn2)c(C)o1. The van der Waals surface area contributed by atoms with Crippen molar-refractivity contribution in [1.29, 1.82) is 0 Å². The number of furan rings is 1. The van der Waals surface area contributed by atoms with Crippen LogP contribution in [-0.2, 0) is 4.74 Å². The molecule has 1 aliphatic rings. The summed E-state index contributed by atoms with van der Waals surface area (Å²) in [6, 6.07) is 7.09. The number of carbonyl (C=O) groups is 1. The highest BCUT2D eigenvalue weighted by atomic mass is 16.5. The lowest BCUT2D eigenvalue weighted by Gasteiger charge is -2.31. The third-order valence-corrected chi connectivity index (χ3v) is 3.82. The first-order chi connectivity index (χ1) is 11.1. The Balaban J connectivity index is 1.69. The van der Waals surface area contributed by atoms with Crippen LogP contribution in [0.1, 0.15) is 28.3 Å². The van der Waals surface area contributed by atoms with Crippen molar-refractivity contribution in [1.82, 2.24) is 10.3 Å². The molecule has 0 spiro atoms. The van der Waals surface area contributed by atoms with Gasteiger partial charge in [0.15, 0.2) is 0 Å². The second kappa shape index (κ2) is 6.83. The molecule has 2 aromatic heterocycles. The molecule has 1 amide bonds. The van der Waals surface area contributed by atoms with Gasteiger partial charge in [-0.1, -0.05) is 6.07 Å². The molecule has 0 aromatic carbocycles. The monoisotopic (exact) mass is 316 g/mol. The van der Waals surface area contributed by atoms with E-state index in [0.29, 0.717) is 36.8 Å². The number of nitrogens with zero attached hydrogens (tertiary/aromatic N) is 1. The molecule has 3 heterocycles. The van der Waals surface area contributed by atoms with Gasteiger partial charge in [-0.2, -0.15) is 0 Å². The molecule has 1 N–H and O–H groups in total. The van der Waals surface area contributed by atoms with E-state index in [2.05, 4.69) is 10.3 Å². The van der Waals surface area contributed by atoms with Crippen molar-refractivity contribution in [2.45, 2.75) is 32.4 Å². The third kappa shape index (κ3) is 3.71. The molecular formula is C17H20N2O4. The van der Waals surface area contributed by atoms with Gasteiger partial charge in [-0.05, 0) is 32.4 Å². The fraction of sp³-hybridized carbons (Fsp3) is 0.412. The van der Waals surface area contributed by atoms with Gasteiger partial charge in [0.1, 0.15) is 17.6 Å². The van der Waals surface area contributed by atoms with Crippen molar-refractivity contribution >= 4 is 5.91 Å². The van der Waals surface area contributed by atoms with E-state index < -0.39 is 0 Å². The van der Waals surface area contributed by atoms with Crippen LogP contribution in [0.3, 0.4) is 0 Å². The Morgan fingerprint density at radius 1 is 1.39 bits per heavy atom. The van der Waals surface area contributed by atoms with Gasteiger partial charge in [0.05, 0.1) is 18.2 Å². The zero-order valence-electron chi connectivity index (χ0n) is 13.2. The minimum atomic E-state index is -0.268.